The Kier molecular flexibility index (Phi) is 6.43. The largest absolute Gasteiger partial charge is 0.385 e. The molecule has 1 unspecified atom stereocenters. The number of hydrogen-bond acceptors (Lipinski definition) is 4. The van der Waals surface area contributed by atoms with Crippen LogP contribution in [0.3, 0.4) is 0 Å². The maximum absolute atomic E-state index is 10.3. The van der Waals surface area contributed by atoms with Gasteiger partial charge in [0.2, 0.25) is 0 Å². The highest BCUT2D eigenvalue weighted by Crippen LogP contribution is 2.24. The molecule has 5 heteroatoms. The first kappa shape index (κ1) is 17.0. The zero-order valence-electron chi connectivity index (χ0n) is 12.6. The molecule has 120 valence electrons. The molecule has 1 aromatic heterocycles. The van der Waals surface area contributed by atoms with Crippen molar-refractivity contribution in [3.8, 4) is 11.3 Å². The predicted molar refractivity (Wildman–Crippen MR) is 89.1 cm³/mol. The van der Waals surface area contributed by atoms with Crippen LogP contribution in [0.5, 0.6) is 0 Å². The fourth-order valence-corrected chi connectivity index (χ4v) is 2.82. The van der Waals surface area contributed by atoms with E-state index >= 15 is 0 Å². The Morgan fingerprint density at radius 2 is 1.86 bits per heavy atom. The summed E-state index contributed by atoms with van der Waals surface area (Å²) >= 11 is 0. The third kappa shape index (κ3) is 4.32. The van der Waals surface area contributed by atoms with Crippen LogP contribution in [0.15, 0.2) is 40.9 Å². The van der Waals surface area contributed by atoms with Gasteiger partial charge in [-0.3, -0.25) is 0 Å². The normalized spacial score (nSPS) is 17.0. The molecule has 0 amide bonds. The lowest BCUT2D eigenvalue weighted by Gasteiger charge is -2.26. The van der Waals surface area contributed by atoms with Crippen molar-refractivity contribution in [3.05, 3.63) is 42.2 Å². The molecule has 0 spiro atoms. The van der Waals surface area contributed by atoms with E-state index in [4.69, 9.17) is 4.52 Å². The van der Waals surface area contributed by atoms with Crippen LogP contribution in [0.4, 0.5) is 0 Å². The van der Waals surface area contributed by atoms with Crippen molar-refractivity contribution in [1.29, 1.82) is 0 Å². The maximum atomic E-state index is 10.3. The van der Waals surface area contributed by atoms with Crippen molar-refractivity contribution in [1.82, 2.24) is 10.1 Å². The van der Waals surface area contributed by atoms with Gasteiger partial charge in [0, 0.05) is 18.2 Å². The molecule has 0 bridgehead atoms. The van der Waals surface area contributed by atoms with Crippen LogP contribution in [-0.4, -0.2) is 34.8 Å². The van der Waals surface area contributed by atoms with Crippen LogP contribution < -0.4 is 0 Å². The van der Waals surface area contributed by atoms with Crippen LogP contribution in [-0.2, 0) is 0 Å². The average molecular weight is 323 g/mol. The highest BCUT2D eigenvalue weighted by atomic mass is 35.5. The van der Waals surface area contributed by atoms with Crippen LogP contribution in [0.25, 0.3) is 11.3 Å². The molecule has 3 rings (SSSR count). The van der Waals surface area contributed by atoms with Gasteiger partial charge in [0.05, 0.1) is 0 Å². The third-order valence-corrected chi connectivity index (χ3v) is 4.09. The lowest BCUT2D eigenvalue weighted by molar-refractivity contribution is 0.108. The summed E-state index contributed by atoms with van der Waals surface area (Å²) in [5, 5.41) is 14.3. The quantitative estimate of drug-likeness (QED) is 0.912. The van der Waals surface area contributed by atoms with Gasteiger partial charge in [0.15, 0.2) is 5.76 Å². The smallest absolute Gasteiger partial charge is 0.165 e. The van der Waals surface area contributed by atoms with Gasteiger partial charge in [-0.25, -0.2) is 0 Å². The minimum Gasteiger partial charge on any atom is -0.385 e. The number of piperidine rings is 1. The number of aliphatic hydroxyl groups is 1. The maximum Gasteiger partial charge on any atom is 0.165 e. The highest BCUT2D eigenvalue weighted by Gasteiger charge is 2.17. The molecule has 0 radical (unpaired) electrons. The van der Waals surface area contributed by atoms with Gasteiger partial charge in [-0.1, -0.05) is 41.9 Å². The Hall–Kier alpha value is -1.36. The van der Waals surface area contributed by atoms with E-state index in [2.05, 4.69) is 10.1 Å². The lowest BCUT2D eigenvalue weighted by Crippen LogP contribution is -2.31. The summed E-state index contributed by atoms with van der Waals surface area (Å²) in [7, 11) is 0. The molecular formula is C17H23ClN2O2. The molecule has 22 heavy (non-hydrogen) atoms. The molecule has 1 N–H and O–H groups in total. The molecule has 1 fully saturated rings. The lowest BCUT2D eigenvalue weighted by atomic mass is 10.1. The van der Waals surface area contributed by atoms with Crippen molar-refractivity contribution in [2.24, 2.45) is 0 Å². The molecule has 2 heterocycles. The SMILES string of the molecule is Cl.OC(CCN1CCCCC1)c1cc(-c2ccccc2)no1. The number of benzene rings is 1. The monoisotopic (exact) mass is 322 g/mol. The van der Waals surface area contributed by atoms with Crippen molar-refractivity contribution in [3.63, 3.8) is 0 Å². The first-order valence-electron chi connectivity index (χ1n) is 7.75. The zero-order valence-corrected chi connectivity index (χ0v) is 13.5. The Balaban J connectivity index is 0.00000176. The third-order valence-electron chi connectivity index (χ3n) is 4.09. The Bertz CT molecular complexity index is 553. The number of rotatable bonds is 5. The van der Waals surface area contributed by atoms with E-state index in [9.17, 15) is 5.11 Å². The molecule has 1 aliphatic rings. The molecule has 1 aliphatic heterocycles. The number of halogens is 1. The van der Waals surface area contributed by atoms with E-state index in [0.717, 1.165) is 30.9 Å². The van der Waals surface area contributed by atoms with E-state index < -0.39 is 6.10 Å². The number of likely N-dealkylation sites (tertiary alicyclic amines) is 1. The highest BCUT2D eigenvalue weighted by molar-refractivity contribution is 5.85. The summed E-state index contributed by atoms with van der Waals surface area (Å²) in [6, 6.07) is 11.7. The van der Waals surface area contributed by atoms with Gasteiger partial charge in [0.25, 0.3) is 0 Å². The van der Waals surface area contributed by atoms with Gasteiger partial charge in [-0.2, -0.15) is 0 Å². The number of nitrogens with zero attached hydrogens (tertiary/aromatic N) is 2. The van der Waals surface area contributed by atoms with Crippen molar-refractivity contribution in [2.75, 3.05) is 19.6 Å². The minimum atomic E-state index is -0.572. The Morgan fingerprint density at radius 3 is 2.59 bits per heavy atom. The fourth-order valence-electron chi connectivity index (χ4n) is 2.82. The van der Waals surface area contributed by atoms with E-state index in [0.29, 0.717) is 12.2 Å². The summed E-state index contributed by atoms with van der Waals surface area (Å²) in [4.78, 5) is 2.42. The topological polar surface area (TPSA) is 49.5 Å². The average Bonchev–Trinajstić information content (AvgIpc) is 3.04. The second-order valence-electron chi connectivity index (χ2n) is 5.69. The molecular weight excluding hydrogens is 300 g/mol. The molecule has 0 aliphatic carbocycles. The Labute approximate surface area is 137 Å². The van der Waals surface area contributed by atoms with E-state index in [1.54, 1.807) is 0 Å². The number of hydrogen-bond donors (Lipinski definition) is 1. The van der Waals surface area contributed by atoms with E-state index in [1.165, 1.54) is 19.3 Å². The number of aromatic nitrogens is 1. The van der Waals surface area contributed by atoms with Gasteiger partial charge < -0.3 is 14.5 Å². The minimum absolute atomic E-state index is 0. The summed E-state index contributed by atoms with van der Waals surface area (Å²) in [5.74, 6) is 0.561. The van der Waals surface area contributed by atoms with Crippen LogP contribution in [0.1, 0.15) is 37.5 Å². The van der Waals surface area contributed by atoms with Gasteiger partial charge >= 0.3 is 0 Å². The molecule has 1 saturated heterocycles. The second-order valence-corrected chi connectivity index (χ2v) is 5.69. The molecule has 0 saturated carbocycles. The van der Waals surface area contributed by atoms with Crippen LogP contribution in [0, 0.1) is 0 Å². The van der Waals surface area contributed by atoms with Crippen molar-refractivity contribution < 1.29 is 9.63 Å². The molecule has 1 atom stereocenters. The molecule has 4 nitrogen and oxygen atoms in total. The second kappa shape index (κ2) is 8.32. The van der Waals surface area contributed by atoms with Gasteiger partial charge in [0.1, 0.15) is 11.8 Å². The zero-order chi connectivity index (χ0) is 14.5. The Morgan fingerprint density at radius 1 is 1.14 bits per heavy atom. The standard InChI is InChI=1S/C17H22N2O2.ClH/c20-16(9-12-19-10-5-2-6-11-19)17-13-15(18-21-17)14-7-3-1-4-8-14;/h1,3-4,7-8,13,16,20H,2,5-6,9-12H2;1H. The van der Waals surface area contributed by atoms with E-state index in [-0.39, 0.29) is 12.4 Å². The van der Waals surface area contributed by atoms with Crippen LogP contribution >= 0.6 is 12.4 Å². The first-order chi connectivity index (χ1) is 10.3. The predicted octanol–water partition coefficient (Wildman–Crippen LogP) is 3.67. The summed E-state index contributed by atoms with van der Waals surface area (Å²) in [6.07, 6.45) is 4.01. The van der Waals surface area contributed by atoms with Gasteiger partial charge in [-0.05, 0) is 32.4 Å². The van der Waals surface area contributed by atoms with Gasteiger partial charge in [-0.15, -0.1) is 12.4 Å². The first-order valence-corrected chi connectivity index (χ1v) is 7.75. The molecule has 1 aromatic carbocycles. The van der Waals surface area contributed by atoms with Crippen molar-refractivity contribution in [2.45, 2.75) is 31.8 Å². The van der Waals surface area contributed by atoms with Crippen molar-refractivity contribution >= 4 is 12.4 Å². The molecule has 2 aromatic rings. The fraction of sp³-hybridized carbons (Fsp3) is 0.471. The van der Waals surface area contributed by atoms with Crippen LogP contribution in [0.2, 0.25) is 0 Å². The summed E-state index contributed by atoms with van der Waals surface area (Å²) < 4.78 is 5.30. The number of aliphatic hydroxyl groups excluding tert-OH is 1. The summed E-state index contributed by atoms with van der Waals surface area (Å²) in [6.45, 7) is 3.22. The van der Waals surface area contributed by atoms with E-state index in [1.807, 2.05) is 36.4 Å². The summed E-state index contributed by atoms with van der Waals surface area (Å²) in [5.41, 5.74) is 1.79.